The van der Waals surface area contributed by atoms with Gasteiger partial charge in [0.2, 0.25) is 0 Å². The van der Waals surface area contributed by atoms with E-state index < -0.39 is 0 Å². The summed E-state index contributed by atoms with van der Waals surface area (Å²) in [5.41, 5.74) is 3.90. The average molecular weight is 369 g/mol. The lowest BCUT2D eigenvalue weighted by Gasteiger charge is -2.29. The molecular formula is C25H36O2. The second kappa shape index (κ2) is 7.22. The molecule has 2 rings (SSSR count). The van der Waals surface area contributed by atoms with Crippen LogP contribution in [0.15, 0.2) is 36.4 Å². The Morgan fingerprint density at radius 1 is 0.741 bits per heavy atom. The standard InChI is InChI=1S/C25H36O2/c1-23(2,3)18-12-13-21(26)20(16-18)25(7,8)15-14-17-10-9-11-19(22(17)27)24(4,5)6/h9-13,16,26-27H,14-15H2,1-8H3. The number of aromatic hydroxyl groups is 2. The van der Waals surface area contributed by atoms with Gasteiger partial charge in [0.15, 0.2) is 0 Å². The topological polar surface area (TPSA) is 40.5 Å². The van der Waals surface area contributed by atoms with Crippen molar-refractivity contribution in [3.05, 3.63) is 58.7 Å². The highest BCUT2D eigenvalue weighted by molar-refractivity contribution is 5.45. The van der Waals surface area contributed by atoms with Gasteiger partial charge >= 0.3 is 0 Å². The highest BCUT2D eigenvalue weighted by atomic mass is 16.3. The summed E-state index contributed by atoms with van der Waals surface area (Å²) in [4.78, 5) is 0. The number of phenolic OH excluding ortho intramolecular Hbond substituents is 2. The van der Waals surface area contributed by atoms with E-state index in [0.29, 0.717) is 11.5 Å². The van der Waals surface area contributed by atoms with E-state index in [1.54, 1.807) is 0 Å². The molecule has 0 aromatic heterocycles. The fourth-order valence-corrected chi connectivity index (χ4v) is 3.52. The predicted molar refractivity (Wildman–Crippen MR) is 115 cm³/mol. The Morgan fingerprint density at radius 2 is 1.37 bits per heavy atom. The van der Waals surface area contributed by atoms with Gasteiger partial charge in [0.25, 0.3) is 0 Å². The average Bonchev–Trinajstić information content (AvgIpc) is 2.52. The molecule has 148 valence electrons. The molecule has 0 aliphatic carbocycles. The maximum absolute atomic E-state index is 10.7. The summed E-state index contributed by atoms with van der Waals surface area (Å²) in [6.45, 7) is 17.2. The van der Waals surface area contributed by atoms with Crippen molar-refractivity contribution in [2.24, 2.45) is 0 Å². The molecule has 0 spiro atoms. The van der Waals surface area contributed by atoms with E-state index >= 15 is 0 Å². The second-order valence-corrected chi connectivity index (χ2v) is 10.4. The van der Waals surface area contributed by atoms with E-state index in [9.17, 15) is 10.2 Å². The third kappa shape index (κ3) is 4.86. The Kier molecular flexibility index (Phi) is 5.71. The van der Waals surface area contributed by atoms with E-state index in [-0.39, 0.29) is 16.2 Å². The quantitative estimate of drug-likeness (QED) is 0.638. The van der Waals surface area contributed by atoms with Crippen LogP contribution in [0, 0.1) is 0 Å². The molecule has 0 unspecified atom stereocenters. The number of para-hydroxylation sites is 1. The van der Waals surface area contributed by atoms with E-state index in [1.165, 1.54) is 5.56 Å². The molecule has 0 bridgehead atoms. The summed E-state index contributed by atoms with van der Waals surface area (Å²) in [5, 5.41) is 21.2. The third-order valence-electron chi connectivity index (χ3n) is 5.54. The van der Waals surface area contributed by atoms with Crippen molar-refractivity contribution in [1.29, 1.82) is 0 Å². The zero-order valence-electron chi connectivity index (χ0n) is 18.3. The van der Waals surface area contributed by atoms with Crippen LogP contribution in [0.1, 0.15) is 84.1 Å². The Balaban J connectivity index is 2.31. The molecule has 0 amide bonds. The van der Waals surface area contributed by atoms with Gasteiger partial charge in [-0.15, -0.1) is 0 Å². The summed E-state index contributed by atoms with van der Waals surface area (Å²) in [6.07, 6.45) is 1.61. The predicted octanol–water partition coefficient (Wildman–Crippen LogP) is 6.60. The molecule has 2 aromatic carbocycles. The Labute approximate surface area is 165 Å². The number of benzene rings is 2. The van der Waals surface area contributed by atoms with Gasteiger partial charge in [-0.3, -0.25) is 0 Å². The SMILES string of the molecule is CC(C)(C)c1ccc(O)c(C(C)(C)CCc2cccc(C(C)(C)C)c2O)c1. The summed E-state index contributed by atoms with van der Waals surface area (Å²) >= 11 is 0. The minimum atomic E-state index is -0.199. The van der Waals surface area contributed by atoms with Crippen molar-refractivity contribution in [1.82, 2.24) is 0 Å². The van der Waals surface area contributed by atoms with Gasteiger partial charge in [-0.1, -0.05) is 85.7 Å². The number of hydrogen-bond acceptors (Lipinski definition) is 2. The Bertz CT molecular complexity index is 802. The molecule has 0 heterocycles. The van der Waals surface area contributed by atoms with Crippen molar-refractivity contribution in [3.63, 3.8) is 0 Å². The monoisotopic (exact) mass is 368 g/mol. The van der Waals surface area contributed by atoms with Gasteiger partial charge < -0.3 is 10.2 Å². The third-order valence-corrected chi connectivity index (χ3v) is 5.54. The first-order chi connectivity index (χ1) is 12.2. The molecule has 0 atom stereocenters. The van der Waals surface area contributed by atoms with Gasteiger partial charge in [-0.2, -0.15) is 0 Å². The van der Waals surface area contributed by atoms with E-state index in [0.717, 1.165) is 29.5 Å². The van der Waals surface area contributed by atoms with Gasteiger partial charge in [0, 0.05) is 0 Å². The zero-order valence-corrected chi connectivity index (χ0v) is 18.3. The van der Waals surface area contributed by atoms with Crippen molar-refractivity contribution in [2.75, 3.05) is 0 Å². The fourth-order valence-electron chi connectivity index (χ4n) is 3.52. The van der Waals surface area contributed by atoms with Crippen molar-refractivity contribution < 1.29 is 10.2 Å². The Morgan fingerprint density at radius 3 is 1.93 bits per heavy atom. The lowest BCUT2D eigenvalue weighted by atomic mass is 9.76. The van der Waals surface area contributed by atoms with Crippen LogP contribution in [0.2, 0.25) is 0 Å². The molecule has 0 saturated carbocycles. The van der Waals surface area contributed by atoms with E-state index in [4.69, 9.17) is 0 Å². The summed E-state index contributed by atoms with van der Waals surface area (Å²) < 4.78 is 0. The first-order valence-electron chi connectivity index (χ1n) is 9.89. The maximum Gasteiger partial charge on any atom is 0.122 e. The fraction of sp³-hybridized carbons (Fsp3) is 0.520. The molecule has 2 N–H and O–H groups in total. The smallest absolute Gasteiger partial charge is 0.122 e. The lowest BCUT2D eigenvalue weighted by molar-refractivity contribution is 0.410. The van der Waals surface area contributed by atoms with Crippen LogP contribution in [-0.2, 0) is 22.7 Å². The molecule has 2 nitrogen and oxygen atoms in total. The number of rotatable bonds is 4. The first kappa shape index (κ1) is 21.3. The molecule has 0 fully saturated rings. The minimum Gasteiger partial charge on any atom is -0.508 e. The van der Waals surface area contributed by atoms with Crippen LogP contribution in [-0.4, -0.2) is 10.2 Å². The normalized spacial score (nSPS) is 13.0. The van der Waals surface area contributed by atoms with Gasteiger partial charge in [0.05, 0.1) is 0 Å². The highest BCUT2D eigenvalue weighted by Gasteiger charge is 2.27. The van der Waals surface area contributed by atoms with Crippen LogP contribution in [0.25, 0.3) is 0 Å². The Hall–Kier alpha value is -1.96. The first-order valence-corrected chi connectivity index (χ1v) is 9.89. The van der Waals surface area contributed by atoms with Crippen LogP contribution < -0.4 is 0 Å². The van der Waals surface area contributed by atoms with E-state index in [2.05, 4.69) is 61.5 Å². The van der Waals surface area contributed by atoms with Crippen LogP contribution >= 0.6 is 0 Å². The minimum absolute atomic E-state index is 0.0395. The van der Waals surface area contributed by atoms with Gasteiger partial charge in [-0.05, 0) is 57.4 Å². The number of hydrogen-bond donors (Lipinski definition) is 2. The van der Waals surface area contributed by atoms with E-state index in [1.807, 2.05) is 30.3 Å². The molecule has 0 aliphatic heterocycles. The zero-order chi connectivity index (χ0) is 20.6. The largest absolute Gasteiger partial charge is 0.508 e. The van der Waals surface area contributed by atoms with Gasteiger partial charge in [0.1, 0.15) is 11.5 Å². The van der Waals surface area contributed by atoms with Crippen LogP contribution in [0.3, 0.4) is 0 Å². The molecular weight excluding hydrogens is 332 g/mol. The maximum atomic E-state index is 10.7. The van der Waals surface area contributed by atoms with Crippen molar-refractivity contribution >= 4 is 0 Å². The molecule has 0 radical (unpaired) electrons. The van der Waals surface area contributed by atoms with Crippen molar-refractivity contribution in [2.45, 2.75) is 84.5 Å². The number of aryl methyl sites for hydroxylation is 1. The second-order valence-electron chi connectivity index (χ2n) is 10.4. The van der Waals surface area contributed by atoms with Gasteiger partial charge in [-0.25, -0.2) is 0 Å². The molecule has 2 aromatic rings. The van der Waals surface area contributed by atoms with Crippen LogP contribution in [0.5, 0.6) is 11.5 Å². The number of phenols is 2. The molecule has 0 aliphatic rings. The summed E-state index contributed by atoms with van der Waals surface area (Å²) in [5.74, 6) is 0.758. The van der Waals surface area contributed by atoms with Crippen molar-refractivity contribution in [3.8, 4) is 11.5 Å². The highest BCUT2D eigenvalue weighted by Crippen LogP contribution is 2.39. The molecule has 0 saturated heterocycles. The molecule has 27 heavy (non-hydrogen) atoms. The summed E-state index contributed by atoms with van der Waals surface area (Å²) in [6, 6.07) is 12.0. The lowest BCUT2D eigenvalue weighted by Crippen LogP contribution is -2.20. The summed E-state index contributed by atoms with van der Waals surface area (Å²) in [7, 11) is 0. The molecule has 2 heteroatoms. The van der Waals surface area contributed by atoms with Crippen LogP contribution in [0.4, 0.5) is 0 Å².